The van der Waals surface area contributed by atoms with Crippen LogP contribution < -0.4 is 15.6 Å². The van der Waals surface area contributed by atoms with Gasteiger partial charge in [-0.25, -0.2) is 0 Å². The average molecular weight is 405 g/mol. The van der Waals surface area contributed by atoms with Crippen molar-refractivity contribution in [3.05, 3.63) is 99.8 Å². The Balaban J connectivity index is 1.57. The molecule has 3 aromatic carbocycles. The quantitative estimate of drug-likeness (QED) is 0.506. The van der Waals surface area contributed by atoms with Crippen LogP contribution in [0, 0.1) is 0 Å². The van der Waals surface area contributed by atoms with Crippen LogP contribution in [0.15, 0.2) is 83.7 Å². The number of benzene rings is 3. The third-order valence-corrected chi connectivity index (χ3v) is 4.89. The van der Waals surface area contributed by atoms with Crippen molar-refractivity contribution in [3.63, 3.8) is 0 Å². The van der Waals surface area contributed by atoms with Crippen molar-refractivity contribution in [2.45, 2.75) is 0 Å². The summed E-state index contributed by atoms with van der Waals surface area (Å²) in [5.41, 5.74) is 1.39. The number of anilines is 1. The molecule has 144 valence electrons. The second-order valence-corrected chi connectivity index (χ2v) is 6.89. The first-order valence-electron chi connectivity index (χ1n) is 8.95. The lowest BCUT2D eigenvalue weighted by molar-refractivity contribution is 0.102. The van der Waals surface area contributed by atoms with E-state index in [2.05, 4.69) is 5.32 Å². The van der Waals surface area contributed by atoms with Gasteiger partial charge < -0.3 is 14.6 Å². The van der Waals surface area contributed by atoms with Crippen LogP contribution in [0.1, 0.15) is 10.4 Å². The highest BCUT2D eigenvalue weighted by Crippen LogP contribution is 2.29. The van der Waals surface area contributed by atoms with Crippen LogP contribution in [0.3, 0.4) is 0 Å². The summed E-state index contributed by atoms with van der Waals surface area (Å²) < 4.78 is 7.27. The maximum Gasteiger partial charge on any atom is 0.256 e. The SMILES string of the molecule is Cn1c(=O)cc(C(=O)Nc2ccc(Oc3ccccc3Cl)cc2)c2ccccc21. The lowest BCUT2D eigenvalue weighted by Gasteiger charge is -2.11. The predicted molar refractivity (Wildman–Crippen MR) is 115 cm³/mol. The Kier molecular flexibility index (Phi) is 5.06. The molecule has 0 aliphatic rings. The van der Waals surface area contributed by atoms with Crippen molar-refractivity contribution in [2.24, 2.45) is 7.05 Å². The highest BCUT2D eigenvalue weighted by molar-refractivity contribution is 6.32. The van der Waals surface area contributed by atoms with E-state index in [1.807, 2.05) is 36.4 Å². The minimum Gasteiger partial charge on any atom is -0.456 e. The van der Waals surface area contributed by atoms with Crippen molar-refractivity contribution in [2.75, 3.05) is 5.32 Å². The summed E-state index contributed by atoms with van der Waals surface area (Å²) in [6, 6.07) is 22.8. The number of nitrogens with one attached hydrogen (secondary N) is 1. The number of hydrogen-bond acceptors (Lipinski definition) is 3. The molecule has 5 nitrogen and oxygen atoms in total. The summed E-state index contributed by atoms with van der Waals surface area (Å²) >= 11 is 6.10. The molecule has 4 rings (SSSR count). The smallest absolute Gasteiger partial charge is 0.256 e. The topological polar surface area (TPSA) is 60.3 Å². The molecular formula is C23H17ClN2O3. The zero-order valence-electron chi connectivity index (χ0n) is 15.6. The number of fused-ring (bicyclic) bond motifs is 1. The van der Waals surface area contributed by atoms with Crippen LogP contribution in [0.2, 0.25) is 5.02 Å². The molecule has 0 bridgehead atoms. The lowest BCUT2D eigenvalue weighted by Crippen LogP contribution is -2.21. The number of pyridine rings is 1. The molecule has 0 saturated carbocycles. The van der Waals surface area contributed by atoms with E-state index in [-0.39, 0.29) is 11.5 Å². The monoisotopic (exact) mass is 404 g/mol. The van der Waals surface area contributed by atoms with Gasteiger partial charge in [0.1, 0.15) is 11.5 Å². The maximum absolute atomic E-state index is 12.8. The first-order chi connectivity index (χ1) is 14.0. The number of ether oxygens (including phenoxy) is 1. The molecule has 0 spiro atoms. The van der Waals surface area contributed by atoms with Crippen molar-refractivity contribution in [3.8, 4) is 11.5 Å². The van der Waals surface area contributed by atoms with E-state index in [0.717, 1.165) is 0 Å². The number of rotatable bonds is 4. The Morgan fingerprint density at radius 2 is 1.66 bits per heavy atom. The summed E-state index contributed by atoms with van der Waals surface area (Å²) in [5.74, 6) is 0.798. The fraction of sp³-hybridized carbons (Fsp3) is 0.0435. The average Bonchev–Trinajstić information content (AvgIpc) is 2.73. The molecule has 29 heavy (non-hydrogen) atoms. The van der Waals surface area contributed by atoms with Gasteiger partial charge in [0, 0.05) is 24.2 Å². The minimum atomic E-state index is -0.348. The van der Waals surface area contributed by atoms with E-state index in [1.165, 1.54) is 10.6 Å². The van der Waals surface area contributed by atoms with Gasteiger partial charge in [0.15, 0.2) is 0 Å². The predicted octanol–water partition coefficient (Wildman–Crippen LogP) is 5.24. The van der Waals surface area contributed by atoms with Crippen LogP contribution in [-0.2, 0) is 7.05 Å². The number of amides is 1. The largest absolute Gasteiger partial charge is 0.456 e. The second kappa shape index (κ2) is 7.81. The Labute approximate surface area is 172 Å². The van der Waals surface area contributed by atoms with Crippen molar-refractivity contribution in [1.82, 2.24) is 4.57 Å². The van der Waals surface area contributed by atoms with Gasteiger partial charge in [-0.1, -0.05) is 41.9 Å². The number of halogens is 1. The molecule has 0 saturated heterocycles. The molecule has 0 fully saturated rings. The van der Waals surface area contributed by atoms with Crippen molar-refractivity contribution >= 4 is 34.1 Å². The van der Waals surface area contributed by atoms with Gasteiger partial charge in [-0.05, 0) is 42.5 Å². The maximum atomic E-state index is 12.8. The summed E-state index contributed by atoms with van der Waals surface area (Å²) in [4.78, 5) is 25.0. The molecule has 1 heterocycles. The fourth-order valence-corrected chi connectivity index (χ4v) is 3.23. The van der Waals surface area contributed by atoms with Crippen LogP contribution in [-0.4, -0.2) is 10.5 Å². The van der Waals surface area contributed by atoms with Crippen LogP contribution in [0.4, 0.5) is 5.69 Å². The zero-order valence-corrected chi connectivity index (χ0v) is 16.3. The van der Waals surface area contributed by atoms with Crippen molar-refractivity contribution in [1.29, 1.82) is 0 Å². The van der Waals surface area contributed by atoms with E-state index in [4.69, 9.17) is 16.3 Å². The molecule has 1 N–H and O–H groups in total. The molecule has 1 aromatic heterocycles. The Hall–Kier alpha value is -3.57. The highest BCUT2D eigenvalue weighted by Gasteiger charge is 2.13. The number of aromatic nitrogens is 1. The molecule has 0 unspecified atom stereocenters. The van der Waals surface area contributed by atoms with E-state index >= 15 is 0 Å². The number of para-hydroxylation sites is 2. The molecule has 0 aliphatic heterocycles. The number of aryl methyl sites for hydroxylation is 1. The third kappa shape index (κ3) is 3.86. The number of hydrogen-bond donors (Lipinski definition) is 1. The van der Waals surface area contributed by atoms with Gasteiger partial charge in [-0.3, -0.25) is 9.59 Å². The summed E-state index contributed by atoms with van der Waals surface area (Å²) in [6.45, 7) is 0. The van der Waals surface area contributed by atoms with Gasteiger partial charge in [-0.2, -0.15) is 0 Å². The van der Waals surface area contributed by atoms with Gasteiger partial charge >= 0.3 is 0 Å². The van der Waals surface area contributed by atoms with E-state index in [1.54, 1.807) is 43.4 Å². The van der Waals surface area contributed by atoms with Crippen molar-refractivity contribution < 1.29 is 9.53 Å². The number of carbonyl (C=O) groups excluding carboxylic acids is 1. The molecule has 1 amide bonds. The van der Waals surface area contributed by atoms with Crippen LogP contribution in [0.25, 0.3) is 10.9 Å². The molecule has 0 atom stereocenters. The van der Waals surface area contributed by atoms with E-state index < -0.39 is 0 Å². The van der Waals surface area contributed by atoms with Crippen LogP contribution >= 0.6 is 11.6 Å². The summed E-state index contributed by atoms with van der Waals surface area (Å²) in [7, 11) is 1.68. The lowest BCUT2D eigenvalue weighted by atomic mass is 10.1. The Morgan fingerprint density at radius 1 is 0.966 bits per heavy atom. The van der Waals surface area contributed by atoms with Gasteiger partial charge in [0.05, 0.1) is 16.1 Å². The first kappa shape index (κ1) is 18.8. The molecule has 0 aliphatic carbocycles. The molecule has 0 radical (unpaired) electrons. The Morgan fingerprint density at radius 3 is 2.41 bits per heavy atom. The molecular weight excluding hydrogens is 388 g/mol. The van der Waals surface area contributed by atoms with E-state index in [9.17, 15) is 9.59 Å². The number of nitrogens with zero attached hydrogens (tertiary/aromatic N) is 1. The van der Waals surface area contributed by atoms with Crippen LogP contribution in [0.5, 0.6) is 11.5 Å². The van der Waals surface area contributed by atoms with E-state index in [0.29, 0.717) is 38.7 Å². The summed E-state index contributed by atoms with van der Waals surface area (Å²) in [6.07, 6.45) is 0. The Bertz CT molecular complexity index is 1260. The van der Waals surface area contributed by atoms with Gasteiger partial charge in [-0.15, -0.1) is 0 Å². The minimum absolute atomic E-state index is 0.239. The third-order valence-electron chi connectivity index (χ3n) is 4.58. The fourth-order valence-electron chi connectivity index (χ4n) is 3.06. The van der Waals surface area contributed by atoms with Gasteiger partial charge in [0.25, 0.3) is 11.5 Å². The normalized spacial score (nSPS) is 10.7. The zero-order chi connectivity index (χ0) is 20.4. The molecule has 6 heteroatoms. The second-order valence-electron chi connectivity index (χ2n) is 6.48. The number of carbonyl (C=O) groups is 1. The standard InChI is InChI=1S/C23H17ClN2O3/c1-26-20-8-4-2-6-17(20)18(14-22(26)27)23(28)25-15-10-12-16(13-11-15)29-21-9-5-3-7-19(21)24/h2-14H,1H3,(H,25,28). The summed E-state index contributed by atoms with van der Waals surface area (Å²) in [5, 5.41) is 4.06. The molecule has 4 aromatic rings. The van der Waals surface area contributed by atoms with Gasteiger partial charge in [0.2, 0.25) is 0 Å². The first-order valence-corrected chi connectivity index (χ1v) is 9.33. The highest BCUT2D eigenvalue weighted by atomic mass is 35.5.